The van der Waals surface area contributed by atoms with E-state index in [1.54, 1.807) is 18.1 Å². The van der Waals surface area contributed by atoms with Crippen LogP contribution in [0.3, 0.4) is 0 Å². The molecule has 1 aromatic rings. The minimum atomic E-state index is -0.258. The predicted octanol–water partition coefficient (Wildman–Crippen LogP) is 2.06. The Labute approximate surface area is 191 Å². The first-order chi connectivity index (χ1) is 15.3. The number of piperazine rings is 1. The maximum Gasteiger partial charge on any atom is 0.236 e. The van der Waals surface area contributed by atoms with E-state index in [4.69, 9.17) is 4.74 Å². The van der Waals surface area contributed by atoms with Gasteiger partial charge in [-0.1, -0.05) is 0 Å². The van der Waals surface area contributed by atoms with Crippen LogP contribution in [0.15, 0.2) is 18.2 Å². The molecule has 32 heavy (non-hydrogen) atoms. The van der Waals surface area contributed by atoms with Gasteiger partial charge in [0.1, 0.15) is 11.6 Å². The van der Waals surface area contributed by atoms with Gasteiger partial charge in [-0.15, -0.1) is 0 Å². The SMILES string of the molecule is COc1ccc(F)cc1CN1CCN(CC(=O)N2CCC(C(=O)N(C)C(C)C)CC2)CC1. The number of likely N-dealkylation sites (tertiary alicyclic amines) is 1. The molecule has 2 amide bonds. The number of carbonyl (C=O) groups excluding carboxylic acids is 2. The quantitative estimate of drug-likeness (QED) is 0.639. The number of ether oxygens (including phenoxy) is 1. The molecule has 178 valence electrons. The number of rotatable bonds is 7. The molecular formula is C24H37FN4O3. The Hall–Kier alpha value is -2.19. The van der Waals surface area contributed by atoms with Crippen LogP contribution >= 0.6 is 0 Å². The van der Waals surface area contributed by atoms with Crippen LogP contribution in [0.4, 0.5) is 4.39 Å². The second-order valence-electron chi connectivity index (χ2n) is 9.21. The second kappa shape index (κ2) is 11.1. The molecule has 0 atom stereocenters. The number of benzene rings is 1. The zero-order valence-corrected chi connectivity index (χ0v) is 19.8. The molecule has 0 bridgehead atoms. The van der Waals surface area contributed by atoms with Crippen molar-refractivity contribution in [3.8, 4) is 5.75 Å². The zero-order chi connectivity index (χ0) is 23.3. The number of carbonyl (C=O) groups is 2. The Balaban J connectivity index is 1.42. The third kappa shape index (κ3) is 6.19. The lowest BCUT2D eigenvalue weighted by Gasteiger charge is -2.37. The molecule has 0 unspecified atom stereocenters. The largest absolute Gasteiger partial charge is 0.496 e. The van der Waals surface area contributed by atoms with E-state index in [-0.39, 0.29) is 29.6 Å². The van der Waals surface area contributed by atoms with Gasteiger partial charge >= 0.3 is 0 Å². The van der Waals surface area contributed by atoms with Crippen LogP contribution in [-0.2, 0) is 16.1 Å². The lowest BCUT2D eigenvalue weighted by atomic mass is 9.95. The molecule has 0 N–H and O–H groups in total. The van der Waals surface area contributed by atoms with Gasteiger partial charge in [0.15, 0.2) is 0 Å². The number of methoxy groups -OCH3 is 1. The summed E-state index contributed by atoms with van der Waals surface area (Å²) in [5.41, 5.74) is 0.845. The minimum Gasteiger partial charge on any atom is -0.496 e. The van der Waals surface area contributed by atoms with Crippen LogP contribution in [0.2, 0.25) is 0 Å². The Morgan fingerprint density at radius 2 is 1.72 bits per heavy atom. The fourth-order valence-electron chi connectivity index (χ4n) is 4.43. The first kappa shape index (κ1) is 24.5. The van der Waals surface area contributed by atoms with Crippen molar-refractivity contribution in [2.75, 3.05) is 60.0 Å². The van der Waals surface area contributed by atoms with Crippen LogP contribution in [0.5, 0.6) is 5.75 Å². The van der Waals surface area contributed by atoms with Crippen molar-refractivity contribution in [1.29, 1.82) is 0 Å². The van der Waals surface area contributed by atoms with Crippen LogP contribution in [-0.4, -0.2) is 97.4 Å². The van der Waals surface area contributed by atoms with E-state index in [9.17, 15) is 14.0 Å². The summed E-state index contributed by atoms with van der Waals surface area (Å²) < 4.78 is 19.0. The van der Waals surface area contributed by atoms with Gasteiger partial charge in [-0.25, -0.2) is 4.39 Å². The maximum absolute atomic E-state index is 13.6. The molecule has 0 radical (unpaired) electrons. The lowest BCUT2D eigenvalue weighted by molar-refractivity contribution is -0.141. The highest BCUT2D eigenvalue weighted by molar-refractivity contribution is 5.81. The molecule has 2 heterocycles. The van der Waals surface area contributed by atoms with Crippen molar-refractivity contribution in [2.45, 2.75) is 39.3 Å². The van der Waals surface area contributed by atoms with Crippen molar-refractivity contribution in [2.24, 2.45) is 5.92 Å². The number of amides is 2. The molecule has 1 aromatic carbocycles. The molecule has 0 spiro atoms. The predicted molar refractivity (Wildman–Crippen MR) is 122 cm³/mol. The first-order valence-electron chi connectivity index (χ1n) is 11.6. The molecular weight excluding hydrogens is 411 g/mol. The summed E-state index contributed by atoms with van der Waals surface area (Å²) in [5, 5.41) is 0. The van der Waals surface area contributed by atoms with Gasteiger partial charge in [0.2, 0.25) is 11.8 Å². The highest BCUT2D eigenvalue weighted by atomic mass is 19.1. The molecule has 0 aliphatic carbocycles. The van der Waals surface area contributed by atoms with Gasteiger partial charge in [0.05, 0.1) is 13.7 Å². The summed E-state index contributed by atoms with van der Waals surface area (Å²) in [5.74, 6) is 0.804. The number of halogens is 1. The Bertz CT molecular complexity index is 787. The summed E-state index contributed by atoms with van der Waals surface area (Å²) in [4.78, 5) is 33.5. The van der Waals surface area contributed by atoms with E-state index >= 15 is 0 Å². The standard InChI is InChI=1S/C24H37FN4O3/c1-18(2)26(3)24(31)19-7-9-29(10-8-19)23(30)17-28-13-11-27(12-14-28)16-20-15-21(25)5-6-22(20)32-4/h5-6,15,18-19H,7-14,16-17H2,1-4H3. The Morgan fingerprint density at radius 3 is 2.31 bits per heavy atom. The zero-order valence-electron chi connectivity index (χ0n) is 19.8. The molecule has 2 aliphatic heterocycles. The Morgan fingerprint density at radius 1 is 1.09 bits per heavy atom. The van der Waals surface area contributed by atoms with E-state index < -0.39 is 0 Å². The highest BCUT2D eigenvalue weighted by Crippen LogP contribution is 2.22. The summed E-state index contributed by atoms with van der Waals surface area (Å²) in [6, 6.07) is 4.80. The third-order valence-corrected chi connectivity index (χ3v) is 6.78. The lowest BCUT2D eigenvalue weighted by Crippen LogP contribution is -2.51. The van der Waals surface area contributed by atoms with E-state index in [1.165, 1.54) is 12.1 Å². The summed E-state index contributed by atoms with van der Waals surface area (Å²) in [6.07, 6.45) is 1.48. The molecule has 7 nitrogen and oxygen atoms in total. The van der Waals surface area contributed by atoms with Crippen LogP contribution in [0, 0.1) is 11.7 Å². The molecule has 2 saturated heterocycles. The molecule has 2 aliphatic rings. The van der Waals surface area contributed by atoms with Gasteiger partial charge in [0.25, 0.3) is 0 Å². The number of hydrogen-bond acceptors (Lipinski definition) is 5. The van der Waals surface area contributed by atoms with Gasteiger partial charge in [-0.2, -0.15) is 0 Å². The van der Waals surface area contributed by atoms with Gasteiger partial charge < -0.3 is 14.5 Å². The number of hydrogen-bond donors (Lipinski definition) is 0. The molecule has 8 heteroatoms. The normalized spacial score (nSPS) is 18.8. The van der Waals surface area contributed by atoms with Gasteiger partial charge in [0, 0.05) is 70.4 Å². The highest BCUT2D eigenvalue weighted by Gasteiger charge is 2.30. The molecule has 0 aromatic heterocycles. The van der Waals surface area contributed by atoms with Gasteiger partial charge in [-0.05, 0) is 44.9 Å². The van der Waals surface area contributed by atoms with E-state index in [0.717, 1.165) is 44.6 Å². The molecule has 2 fully saturated rings. The fourth-order valence-corrected chi connectivity index (χ4v) is 4.43. The fraction of sp³-hybridized carbons (Fsp3) is 0.667. The number of piperidine rings is 1. The van der Waals surface area contributed by atoms with Crippen molar-refractivity contribution in [3.63, 3.8) is 0 Å². The van der Waals surface area contributed by atoms with E-state index in [2.05, 4.69) is 9.80 Å². The molecule has 0 saturated carbocycles. The average Bonchev–Trinajstić information content (AvgIpc) is 2.79. The maximum atomic E-state index is 13.6. The Kier molecular flexibility index (Phi) is 8.48. The summed E-state index contributed by atoms with van der Waals surface area (Å²) in [6.45, 7) is 9.65. The van der Waals surface area contributed by atoms with Crippen LogP contribution in [0.25, 0.3) is 0 Å². The monoisotopic (exact) mass is 448 g/mol. The average molecular weight is 449 g/mol. The van der Waals surface area contributed by atoms with Crippen molar-refractivity contribution in [1.82, 2.24) is 19.6 Å². The number of nitrogens with zero attached hydrogens (tertiary/aromatic N) is 4. The van der Waals surface area contributed by atoms with E-state index in [0.29, 0.717) is 31.9 Å². The topological polar surface area (TPSA) is 56.3 Å². The first-order valence-corrected chi connectivity index (χ1v) is 11.6. The minimum absolute atomic E-state index is 0.0230. The third-order valence-electron chi connectivity index (χ3n) is 6.78. The summed E-state index contributed by atoms with van der Waals surface area (Å²) in [7, 11) is 3.45. The van der Waals surface area contributed by atoms with Gasteiger partial charge in [-0.3, -0.25) is 19.4 Å². The van der Waals surface area contributed by atoms with Crippen molar-refractivity contribution < 1.29 is 18.7 Å². The smallest absolute Gasteiger partial charge is 0.236 e. The second-order valence-corrected chi connectivity index (χ2v) is 9.21. The molecule has 3 rings (SSSR count). The van der Waals surface area contributed by atoms with Crippen molar-refractivity contribution >= 4 is 11.8 Å². The van der Waals surface area contributed by atoms with Crippen LogP contribution in [0.1, 0.15) is 32.3 Å². The summed E-state index contributed by atoms with van der Waals surface area (Å²) >= 11 is 0. The van der Waals surface area contributed by atoms with E-state index in [1.807, 2.05) is 25.8 Å². The van der Waals surface area contributed by atoms with Crippen molar-refractivity contribution in [3.05, 3.63) is 29.6 Å². The van der Waals surface area contributed by atoms with Crippen LogP contribution < -0.4 is 4.74 Å².